The Balaban J connectivity index is 1.72. The number of fused-ring (bicyclic) bond motifs is 1. The molecular weight excluding hydrogens is 378 g/mol. The summed E-state index contributed by atoms with van der Waals surface area (Å²) in [4.78, 5) is 27.2. The summed E-state index contributed by atoms with van der Waals surface area (Å²) in [5, 5.41) is 2.89. The minimum absolute atomic E-state index is 0.0265. The normalized spacial score (nSPS) is 21.7. The average Bonchev–Trinajstić information content (AvgIpc) is 2.82. The van der Waals surface area contributed by atoms with Crippen molar-refractivity contribution in [1.29, 1.82) is 0 Å². The van der Waals surface area contributed by atoms with Crippen LogP contribution in [0.2, 0.25) is 0 Å². The average molecular weight is 408 g/mol. The lowest BCUT2D eigenvalue weighted by Gasteiger charge is -2.34. The highest BCUT2D eigenvalue weighted by atomic mass is 32.2. The maximum Gasteiger partial charge on any atom is 0.230 e. The molecule has 1 atom stereocenters. The van der Waals surface area contributed by atoms with Crippen molar-refractivity contribution in [3.05, 3.63) is 24.3 Å². The minimum atomic E-state index is -3.24. The summed E-state index contributed by atoms with van der Waals surface area (Å²) in [6.07, 6.45) is 2.52. The molecule has 154 valence electrons. The van der Waals surface area contributed by atoms with Crippen LogP contribution in [-0.2, 0) is 19.6 Å². The highest BCUT2D eigenvalue weighted by molar-refractivity contribution is 7.89. The van der Waals surface area contributed by atoms with Gasteiger partial charge in [0.15, 0.2) is 0 Å². The van der Waals surface area contributed by atoms with Crippen molar-refractivity contribution in [2.24, 2.45) is 11.8 Å². The summed E-state index contributed by atoms with van der Waals surface area (Å²) < 4.78 is 26.3. The minimum Gasteiger partial charge on any atom is -0.324 e. The molecule has 0 spiro atoms. The molecule has 1 aromatic rings. The predicted molar refractivity (Wildman–Crippen MR) is 110 cm³/mol. The van der Waals surface area contributed by atoms with Crippen molar-refractivity contribution < 1.29 is 18.0 Å². The fourth-order valence-corrected chi connectivity index (χ4v) is 5.47. The molecule has 0 saturated carbocycles. The van der Waals surface area contributed by atoms with Crippen LogP contribution in [0.1, 0.15) is 39.5 Å². The molecule has 1 fully saturated rings. The summed E-state index contributed by atoms with van der Waals surface area (Å²) in [5.41, 5.74) is 1.35. The Kier molecular flexibility index (Phi) is 6.40. The summed E-state index contributed by atoms with van der Waals surface area (Å²) in [6, 6.07) is 7.33. The maximum atomic E-state index is 13.3. The Morgan fingerprint density at radius 2 is 1.89 bits per heavy atom. The van der Waals surface area contributed by atoms with Crippen molar-refractivity contribution >= 4 is 33.2 Å². The molecule has 0 bridgehead atoms. The number of carbonyl (C=O) groups is 2. The van der Waals surface area contributed by atoms with E-state index in [1.807, 2.05) is 32.0 Å². The van der Waals surface area contributed by atoms with Gasteiger partial charge in [-0.05, 0) is 31.4 Å². The van der Waals surface area contributed by atoms with Gasteiger partial charge in [0.1, 0.15) is 0 Å². The Labute approximate surface area is 167 Å². The van der Waals surface area contributed by atoms with Gasteiger partial charge in [-0.2, -0.15) is 0 Å². The fourth-order valence-electron chi connectivity index (χ4n) is 3.79. The van der Waals surface area contributed by atoms with E-state index in [0.717, 1.165) is 6.42 Å². The van der Waals surface area contributed by atoms with Gasteiger partial charge in [-0.3, -0.25) is 9.59 Å². The van der Waals surface area contributed by atoms with Crippen LogP contribution in [0.15, 0.2) is 24.3 Å². The first-order valence-electron chi connectivity index (χ1n) is 10.0. The second-order valence-electron chi connectivity index (χ2n) is 7.70. The number of anilines is 2. The molecule has 2 heterocycles. The number of carbonyl (C=O) groups excluding carboxylic acids is 2. The molecule has 1 saturated heterocycles. The van der Waals surface area contributed by atoms with Gasteiger partial charge in [-0.25, -0.2) is 12.7 Å². The number of nitrogens with zero attached hydrogens (tertiary/aromatic N) is 2. The molecule has 0 aromatic heterocycles. The zero-order valence-electron chi connectivity index (χ0n) is 16.6. The lowest BCUT2D eigenvalue weighted by atomic mass is 9.95. The third-order valence-electron chi connectivity index (χ3n) is 5.58. The molecule has 2 amide bonds. The lowest BCUT2D eigenvalue weighted by molar-refractivity contribution is -0.123. The molecule has 2 aliphatic heterocycles. The number of hydrogen-bond donors (Lipinski definition) is 1. The van der Waals surface area contributed by atoms with E-state index in [2.05, 4.69) is 5.32 Å². The maximum absolute atomic E-state index is 13.3. The number of piperidine rings is 1. The summed E-state index contributed by atoms with van der Waals surface area (Å²) in [5.74, 6) is -0.495. The number of unbranched alkanes of at least 4 members (excludes halogenated alkanes) is 1. The largest absolute Gasteiger partial charge is 0.324 e. The molecule has 8 heteroatoms. The van der Waals surface area contributed by atoms with Crippen molar-refractivity contribution in [2.45, 2.75) is 39.5 Å². The van der Waals surface area contributed by atoms with Crippen LogP contribution in [0, 0.1) is 11.8 Å². The highest BCUT2D eigenvalue weighted by Crippen LogP contribution is 2.33. The topological polar surface area (TPSA) is 86.8 Å². The summed E-state index contributed by atoms with van der Waals surface area (Å²) >= 11 is 0. The molecule has 28 heavy (non-hydrogen) atoms. The Hall–Kier alpha value is -1.93. The standard InChI is InChI=1S/C20H29N3O4S/c1-3-4-13-28(26,27)22-11-9-16(10-12-22)20(25)23-14-15(2)19(24)21-17-7-5-6-8-18(17)23/h5-8,15-16H,3-4,9-14H2,1-2H3,(H,21,24)/t15-/m1/s1. The van der Waals surface area contributed by atoms with Crippen LogP contribution < -0.4 is 10.2 Å². The first kappa shape index (κ1) is 20.8. The van der Waals surface area contributed by atoms with Crippen LogP contribution in [0.25, 0.3) is 0 Å². The van der Waals surface area contributed by atoms with E-state index in [4.69, 9.17) is 0 Å². The van der Waals surface area contributed by atoms with E-state index >= 15 is 0 Å². The molecule has 0 unspecified atom stereocenters. The van der Waals surface area contributed by atoms with Crippen LogP contribution in [-0.4, -0.2) is 49.9 Å². The van der Waals surface area contributed by atoms with Gasteiger partial charge >= 0.3 is 0 Å². The van der Waals surface area contributed by atoms with E-state index in [1.54, 1.807) is 11.0 Å². The highest BCUT2D eigenvalue weighted by Gasteiger charge is 2.36. The number of nitrogens with one attached hydrogen (secondary N) is 1. The van der Waals surface area contributed by atoms with Gasteiger partial charge in [0.25, 0.3) is 0 Å². The smallest absolute Gasteiger partial charge is 0.230 e. The number of hydrogen-bond acceptors (Lipinski definition) is 4. The molecule has 3 rings (SSSR count). The second-order valence-corrected chi connectivity index (χ2v) is 9.79. The van der Waals surface area contributed by atoms with Gasteiger partial charge in [0.2, 0.25) is 21.8 Å². The van der Waals surface area contributed by atoms with Gasteiger partial charge < -0.3 is 10.2 Å². The Morgan fingerprint density at radius 1 is 1.21 bits per heavy atom. The van der Waals surface area contributed by atoms with Crippen molar-refractivity contribution in [3.8, 4) is 0 Å². The van der Waals surface area contributed by atoms with E-state index in [9.17, 15) is 18.0 Å². The lowest BCUT2D eigenvalue weighted by Crippen LogP contribution is -2.46. The zero-order chi connectivity index (χ0) is 20.3. The first-order chi connectivity index (χ1) is 13.3. The van der Waals surface area contributed by atoms with Crippen molar-refractivity contribution in [1.82, 2.24) is 4.31 Å². The third-order valence-corrected chi connectivity index (χ3v) is 7.53. The Morgan fingerprint density at radius 3 is 2.57 bits per heavy atom. The van der Waals surface area contributed by atoms with Crippen LogP contribution >= 0.6 is 0 Å². The van der Waals surface area contributed by atoms with Gasteiger partial charge in [-0.15, -0.1) is 0 Å². The van der Waals surface area contributed by atoms with Crippen LogP contribution in [0.5, 0.6) is 0 Å². The summed E-state index contributed by atoms with van der Waals surface area (Å²) in [6.45, 7) is 4.87. The molecule has 7 nitrogen and oxygen atoms in total. The Bertz CT molecular complexity index is 832. The number of rotatable bonds is 5. The summed E-state index contributed by atoms with van der Waals surface area (Å²) in [7, 11) is -3.24. The molecule has 1 N–H and O–H groups in total. The second kappa shape index (κ2) is 8.61. The molecule has 0 aliphatic carbocycles. The molecule has 0 radical (unpaired) electrons. The number of benzene rings is 1. The number of sulfonamides is 1. The van der Waals surface area contributed by atoms with Gasteiger partial charge in [-0.1, -0.05) is 32.4 Å². The van der Waals surface area contributed by atoms with Crippen molar-refractivity contribution in [2.75, 3.05) is 35.6 Å². The fraction of sp³-hybridized carbons (Fsp3) is 0.600. The van der Waals surface area contributed by atoms with Gasteiger partial charge in [0.05, 0.1) is 23.0 Å². The van der Waals surface area contributed by atoms with Crippen LogP contribution in [0.3, 0.4) is 0 Å². The van der Waals surface area contributed by atoms with E-state index in [1.165, 1.54) is 4.31 Å². The zero-order valence-corrected chi connectivity index (χ0v) is 17.4. The van der Waals surface area contributed by atoms with Gasteiger partial charge in [0, 0.05) is 25.6 Å². The van der Waals surface area contributed by atoms with E-state index < -0.39 is 10.0 Å². The SMILES string of the molecule is CCCCS(=O)(=O)N1CCC(C(=O)N2C[C@@H](C)C(=O)Nc3ccccc32)CC1. The number of amides is 2. The van der Waals surface area contributed by atoms with Crippen molar-refractivity contribution in [3.63, 3.8) is 0 Å². The first-order valence-corrected chi connectivity index (χ1v) is 11.6. The molecule has 1 aromatic carbocycles. The molecule has 2 aliphatic rings. The van der Waals surface area contributed by atoms with E-state index in [-0.39, 0.29) is 29.4 Å². The predicted octanol–water partition coefficient (Wildman–Crippen LogP) is 2.45. The number of para-hydroxylation sites is 2. The van der Waals surface area contributed by atoms with Crippen LogP contribution in [0.4, 0.5) is 11.4 Å². The molecular formula is C20H29N3O4S. The third kappa shape index (κ3) is 4.38. The van der Waals surface area contributed by atoms with E-state index in [0.29, 0.717) is 50.3 Å². The quantitative estimate of drug-likeness (QED) is 0.812. The monoisotopic (exact) mass is 407 g/mol.